The van der Waals surface area contributed by atoms with Gasteiger partial charge in [-0.05, 0) is 66.6 Å². The van der Waals surface area contributed by atoms with Gasteiger partial charge in [0.15, 0.2) is 5.43 Å². The van der Waals surface area contributed by atoms with Crippen LogP contribution in [0, 0.1) is 0 Å². The summed E-state index contributed by atoms with van der Waals surface area (Å²) in [6, 6.07) is 18.0. The molecule has 4 aromatic rings. The van der Waals surface area contributed by atoms with Crippen LogP contribution in [-0.2, 0) is 4.74 Å². The summed E-state index contributed by atoms with van der Waals surface area (Å²) in [5.74, 6) is -0.869. The van der Waals surface area contributed by atoms with E-state index in [4.69, 9.17) is 20.8 Å². The van der Waals surface area contributed by atoms with Crippen LogP contribution in [0.5, 0.6) is 0 Å². The molecule has 1 aliphatic heterocycles. The number of anilines is 1. The highest BCUT2D eigenvalue weighted by molar-refractivity contribution is 9.10. The summed E-state index contributed by atoms with van der Waals surface area (Å²) in [5.41, 5.74) is 1.87. The van der Waals surface area contributed by atoms with E-state index in [1.807, 2.05) is 31.2 Å². The van der Waals surface area contributed by atoms with Crippen molar-refractivity contribution in [1.29, 1.82) is 0 Å². The number of hydrogen-bond donors (Lipinski definition) is 0. The Morgan fingerprint density at radius 1 is 1.06 bits per heavy atom. The predicted octanol–water partition coefficient (Wildman–Crippen LogP) is 6.92. The summed E-state index contributed by atoms with van der Waals surface area (Å²) in [5, 5.41) is 0.709. The molecule has 2 heterocycles. The Morgan fingerprint density at radius 2 is 1.78 bits per heavy atom. The van der Waals surface area contributed by atoms with Crippen LogP contribution in [-0.4, -0.2) is 18.5 Å². The first-order chi connectivity index (χ1) is 17.4. The highest BCUT2D eigenvalue weighted by Gasteiger charge is 2.43. The average Bonchev–Trinajstić information content (AvgIpc) is 3.17. The summed E-state index contributed by atoms with van der Waals surface area (Å²) < 4.78 is 12.1. The van der Waals surface area contributed by atoms with Crippen LogP contribution in [0.4, 0.5) is 5.69 Å². The number of unbranched alkanes of at least 4 members (excludes halogenated alkanes) is 1. The molecule has 0 spiro atoms. The van der Waals surface area contributed by atoms with Gasteiger partial charge in [0, 0.05) is 15.2 Å². The van der Waals surface area contributed by atoms with Gasteiger partial charge in [0.2, 0.25) is 5.76 Å². The van der Waals surface area contributed by atoms with Crippen molar-refractivity contribution < 1.29 is 18.7 Å². The van der Waals surface area contributed by atoms with Crippen molar-refractivity contribution in [2.75, 3.05) is 11.5 Å². The van der Waals surface area contributed by atoms with Crippen molar-refractivity contribution in [3.05, 3.63) is 109 Å². The molecule has 0 aliphatic carbocycles. The number of benzene rings is 3. The summed E-state index contributed by atoms with van der Waals surface area (Å²) in [6.45, 7) is 2.38. The zero-order valence-corrected chi connectivity index (χ0v) is 21.6. The second-order valence-electron chi connectivity index (χ2n) is 8.48. The van der Waals surface area contributed by atoms with Crippen molar-refractivity contribution in [1.82, 2.24) is 0 Å². The molecule has 0 saturated heterocycles. The van der Waals surface area contributed by atoms with Crippen LogP contribution in [0.2, 0.25) is 5.02 Å². The number of ether oxygens (including phenoxy) is 1. The van der Waals surface area contributed by atoms with E-state index in [2.05, 4.69) is 15.9 Å². The topological polar surface area (TPSA) is 76.8 Å². The van der Waals surface area contributed by atoms with Crippen molar-refractivity contribution in [2.24, 2.45) is 0 Å². The van der Waals surface area contributed by atoms with Gasteiger partial charge in [0.1, 0.15) is 5.58 Å². The van der Waals surface area contributed by atoms with Crippen molar-refractivity contribution in [2.45, 2.75) is 25.8 Å². The van der Waals surface area contributed by atoms with Crippen molar-refractivity contribution in [3.8, 4) is 0 Å². The number of carbonyl (C=O) groups excluding carboxylic acids is 2. The number of amides is 1. The molecule has 0 fully saturated rings. The smallest absolute Gasteiger partial charge is 0.338 e. The minimum absolute atomic E-state index is 0.00852. The molecule has 0 radical (unpaired) electrons. The van der Waals surface area contributed by atoms with E-state index in [0.29, 0.717) is 28.3 Å². The maximum Gasteiger partial charge on any atom is 0.338 e. The van der Waals surface area contributed by atoms with E-state index in [1.165, 1.54) is 4.90 Å². The molecule has 182 valence electrons. The molecule has 0 bridgehead atoms. The first-order valence-electron chi connectivity index (χ1n) is 11.5. The normalized spacial score (nSPS) is 14.8. The molecule has 0 saturated carbocycles. The summed E-state index contributed by atoms with van der Waals surface area (Å²) in [4.78, 5) is 41.2. The van der Waals surface area contributed by atoms with Crippen molar-refractivity contribution in [3.63, 3.8) is 0 Å². The van der Waals surface area contributed by atoms with Crippen LogP contribution < -0.4 is 10.3 Å². The first kappa shape index (κ1) is 24.3. The molecule has 1 aliphatic rings. The fraction of sp³-hybridized carbons (Fsp3) is 0.179. The van der Waals surface area contributed by atoms with Crippen LogP contribution in [0.25, 0.3) is 11.0 Å². The largest absolute Gasteiger partial charge is 0.462 e. The van der Waals surface area contributed by atoms with E-state index in [0.717, 1.165) is 22.9 Å². The quantitative estimate of drug-likeness (QED) is 0.187. The van der Waals surface area contributed by atoms with E-state index < -0.39 is 17.9 Å². The number of halogens is 2. The van der Waals surface area contributed by atoms with Crippen LogP contribution in [0.1, 0.15) is 57.8 Å². The fourth-order valence-corrected chi connectivity index (χ4v) is 4.76. The molecule has 8 heteroatoms. The minimum Gasteiger partial charge on any atom is -0.462 e. The number of fused-ring (bicyclic) bond motifs is 2. The van der Waals surface area contributed by atoms with E-state index in [-0.39, 0.29) is 22.3 Å². The summed E-state index contributed by atoms with van der Waals surface area (Å²) >= 11 is 9.58. The van der Waals surface area contributed by atoms with Gasteiger partial charge in [0.05, 0.1) is 29.2 Å². The lowest BCUT2D eigenvalue weighted by Crippen LogP contribution is -2.29. The monoisotopic (exact) mass is 565 g/mol. The third kappa shape index (κ3) is 4.33. The Labute approximate surface area is 220 Å². The molecule has 0 N–H and O–H groups in total. The predicted molar refractivity (Wildman–Crippen MR) is 142 cm³/mol. The highest BCUT2D eigenvalue weighted by Crippen LogP contribution is 2.41. The fourth-order valence-electron chi connectivity index (χ4n) is 4.32. The van der Waals surface area contributed by atoms with Crippen LogP contribution in [0.3, 0.4) is 0 Å². The van der Waals surface area contributed by atoms with Crippen LogP contribution >= 0.6 is 27.5 Å². The second kappa shape index (κ2) is 9.91. The second-order valence-corrected chi connectivity index (χ2v) is 9.83. The van der Waals surface area contributed by atoms with Gasteiger partial charge >= 0.3 is 5.97 Å². The summed E-state index contributed by atoms with van der Waals surface area (Å²) in [6.07, 6.45) is 1.72. The standard InChI is InChI=1S/C28H21BrClNO5/c1-2-3-14-35-28(34)17-6-11-20(12-7-17)31-24(16-4-8-18(29)9-5-16)23-25(32)21-15-19(30)10-13-22(21)36-26(23)27(31)33/h4-13,15,24H,2-3,14H2,1H3. The molecule has 1 amide bonds. The van der Waals surface area contributed by atoms with Crippen LogP contribution in [0.15, 0.2) is 80.4 Å². The zero-order chi connectivity index (χ0) is 25.4. The first-order valence-corrected chi connectivity index (χ1v) is 12.7. The van der Waals surface area contributed by atoms with Gasteiger partial charge in [0.25, 0.3) is 5.91 Å². The maximum atomic E-state index is 13.7. The average molecular weight is 567 g/mol. The van der Waals surface area contributed by atoms with Gasteiger partial charge in [-0.1, -0.05) is 53.0 Å². The Balaban J connectivity index is 1.62. The lowest BCUT2D eigenvalue weighted by atomic mass is 9.98. The Kier molecular flexibility index (Phi) is 6.69. The Hall–Kier alpha value is -3.42. The highest BCUT2D eigenvalue weighted by atomic mass is 79.9. The molecule has 5 rings (SSSR count). The number of carbonyl (C=O) groups is 2. The number of esters is 1. The number of hydrogen-bond acceptors (Lipinski definition) is 5. The third-order valence-electron chi connectivity index (χ3n) is 6.13. The van der Waals surface area contributed by atoms with E-state index >= 15 is 0 Å². The molecule has 6 nitrogen and oxygen atoms in total. The molecular weight excluding hydrogens is 546 g/mol. The van der Waals surface area contributed by atoms with E-state index in [1.54, 1.807) is 42.5 Å². The number of nitrogens with zero attached hydrogens (tertiary/aromatic N) is 1. The molecule has 3 aromatic carbocycles. The maximum absolute atomic E-state index is 13.7. The molecular formula is C28H21BrClNO5. The number of rotatable bonds is 6. The zero-order valence-electron chi connectivity index (χ0n) is 19.3. The van der Waals surface area contributed by atoms with Gasteiger partial charge in [-0.15, -0.1) is 0 Å². The Morgan fingerprint density at radius 3 is 2.47 bits per heavy atom. The lowest BCUT2D eigenvalue weighted by Gasteiger charge is -2.25. The minimum atomic E-state index is -0.720. The van der Waals surface area contributed by atoms with Gasteiger partial charge in [-0.2, -0.15) is 0 Å². The van der Waals surface area contributed by atoms with Gasteiger partial charge in [-0.3, -0.25) is 14.5 Å². The lowest BCUT2D eigenvalue weighted by molar-refractivity contribution is 0.0499. The molecule has 1 unspecified atom stereocenters. The molecule has 36 heavy (non-hydrogen) atoms. The molecule has 1 aromatic heterocycles. The van der Waals surface area contributed by atoms with E-state index in [9.17, 15) is 14.4 Å². The third-order valence-corrected chi connectivity index (χ3v) is 6.89. The van der Waals surface area contributed by atoms with Gasteiger partial charge in [-0.25, -0.2) is 4.79 Å². The van der Waals surface area contributed by atoms with Crippen molar-refractivity contribution >= 4 is 56.1 Å². The SMILES string of the molecule is CCCCOC(=O)c1ccc(N2C(=O)c3oc4ccc(Cl)cc4c(=O)c3C2c2ccc(Br)cc2)cc1. The molecule has 1 atom stereocenters. The summed E-state index contributed by atoms with van der Waals surface area (Å²) in [7, 11) is 0. The van der Waals surface area contributed by atoms with Gasteiger partial charge < -0.3 is 9.15 Å². The Bertz CT molecular complexity index is 1530.